The molecule has 3 rings (SSSR count). The molecule has 1 saturated carbocycles. The highest BCUT2D eigenvalue weighted by Crippen LogP contribution is 2.37. The highest BCUT2D eigenvalue weighted by atomic mass is 32.1. The number of rotatable bonds is 8. The van der Waals surface area contributed by atoms with E-state index < -0.39 is 31.0 Å². The van der Waals surface area contributed by atoms with Crippen molar-refractivity contribution in [3.05, 3.63) is 16.5 Å². The Labute approximate surface area is 184 Å². The number of carbonyl (C=O) groups is 5. The maximum absolute atomic E-state index is 12.4. The first kappa shape index (κ1) is 22.9. The Hall–Kier alpha value is -2.75. The third-order valence-electron chi connectivity index (χ3n) is 5.46. The highest BCUT2D eigenvalue weighted by molar-refractivity contribution is 7.16. The number of hydrogen-bond donors (Lipinski definition) is 1. The average molecular weight is 451 g/mol. The van der Waals surface area contributed by atoms with E-state index in [0.717, 1.165) is 22.6 Å². The number of aryl methyl sites for hydroxylation is 1. The lowest BCUT2D eigenvalue weighted by atomic mass is 9.81. The van der Waals surface area contributed by atoms with Gasteiger partial charge < -0.3 is 14.8 Å². The van der Waals surface area contributed by atoms with Gasteiger partial charge in [0.05, 0.1) is 24.0 Å². The molecular formula is C21H26N2O7S. The second-order valence-electron chi connectivity index (χ2n) is 7.50. The van der Waals surface area contributed by atoms with Crippen LogP contribution in [0.4, 0.5) is 5.00 Å². The van der Waals surface area contributed by atoms with Crippen molar-refractivity contribution in [2.75, 3.05) is 25.1 Å². The van der Waals surface area contributed by atoms with Gasteiger partial charge in [-0.2, -0.15) is 0 Å². The maximum atomic E-state index is 12.4. The quantitative estimate of drug-likeness (QED) is 0.476. The van der Waals surface area contributed by atoms with Gasteiger partial charge >= 0.3 is 11.9 Å². The molecule has 0 radical (unpaired) electrons. The molecule has 31 heavy (non-hydrogen) atoms. The van der Waals surface area contributed by atoms with E-state index in [2.05, 4.69) is 5.32 Å². The Morgan fingerprint density at radius 2 is 1.74 bits per heavy atom. The fraction of sp³-hybridized carbons (Fsp3) is 0.571. The predicted molar refractivity (Wildman–Crippen MR) is 111 cm³/mol. The van der Waals surface area contributed by atoms with Crippen molar-refractivity contribution in [2.45, 2.75) is 46.0 Å². The van der Waals surface area contributed by atoms with Crippen molar-refractivity contribution in [3.8, 4) is 0 Å². The van der Waals surface area contributed by atoms with Gasteiger partial charge in [0.15, 0.2) is 6.61 Å². The fourth-order valence-electron chi connectivity index (χ4n) is 3.94. The summed E-state index contributed by atoms with van der Waals surface area (Å²) >= 11 is 1.24. The van der Waals surface area contributed by atoms with Crippen LogP contribution in [0.15, 0.2) is 6.07 Å². The first-order chi connectivity index (χ1) is 14.8. The lowest BCUT2D eigenvalue weighted by Gasteiger charge is -2.19. The number of nitrogens with zero attached hydrogens (tertiary/aromatic N) is 1. The van der Waals surface area contributed by atoms with Crippen LogP contribution in [0.5, 0.6) is 0 Å². The Morgan fingerprint density at radius 3 is 2.32 bits per heavy atom. The summed E-state index contributed by atoms with van der Waals surface area (Å²) < 4.78 is 9.96. The summed E-state index contributed by atoms with van der Waals surface area (Å²) in [7, 11) is 0. The van der Waals surface area contributed by atoms with Crippen LogP contribution in [-0.4, -0.2) is 54.3 Å². The predicted octanol–water partition coefficient (Wildman–Crippen LogP) is 2.14. The molecular weight excluding hydrogens is 424 g/mol. The lowest BCUT2D eigenvalue weighted by molar-refractivity contribution is -0.154. The monoisotopic (exact) mass is 450 g/mol. The lowest BCUT2D eigenvalue weighted by Crippen LogP contribution is -2.37. The molecule has 2 heterocycles. The van der Waals surface area contributed by atoms with E-state index in [-0.39, 0.29) is 35.8 Å². The van der Waals surface area contributed by atoms with Crippen LogP contribution >= 0.6 is 11.3 Å². The number of carbonyl (C=O) groups excluding carboxylic acids is 5. The van der Waals surface area contributed by atoms with Crippen LogP contribution in [0.3, 0.4) is 0 Å². The van der Waals surface area contributed by atoms with Gasteiger partial charge in [0.2, 0.25) is 11.8 Å². The van der Waals surface area contributed by atoms with Gasteiger partial charge in [0, 0.05) is 4.88 Å². The number of fused-ring (bicyclic) bond motifs is 1. The Kier molecular flexibility index (Phi) is 7.42. The number of esters is 2. The van der Waals surface area contributed by atoms with Crippen LogP contribution in [0.2, 0.25) is 0 Å². The second kappa shape index (κ2) is 10.0. The standard InChI is InChI=1S/C21H26N2O7S/c1-3-12-9-15(21(28)29-4-2)18(31-12)22-16(24)11-30-17(25)10-23-19(26)13-7-5-6-8-14(13)20(23)27/h9,13-14H,3-8,10-11H2,1-2H3,(H,22,24)/t13-,14-/m0/s1. The smallest absolute Gasteiger partial charge is 0.341 e. The summed E-state index contributed by atoms with van der Waals surface area (Å²) in [4.78, 5) is 63.2. The number of amides is 3. The van der Waals surface area contributed by atoms with Crippen molar-refractivity contribution in [2.24, 2.45) is 11.8 Å². The zero-order valence-corrected chi connectivity index (χ0v) is 18.4. The van der Waals surface area contributed by atoms with Crippen LogP contribution in [0, 0.1) is 11.8 Å². The van der Waals surface area contributed by atoms with Crippen molar-refractivity contribution in [3.63, 3.8) is 0 Å². The third-order valence-corrected chi connectivity index (χ3v) is 6.66. The zero-order valence-electron chi connectivity index (χ0n) is 17.6. The molecule has 2 atom stereocenters. The summed E-state index contributed by atoms with van der Waals surface area (Å²) in [6.07, 6.45) is 3.80. The van der Waals surface area contributed by atoms with E-state index in [9.17, 15) is 24.0 Å². The third kappa shape index (κ3) is 5.12. The molecule has 0 unspecified atom stereocenters. The van der Waals surface area contributed by atoms with Gasteiger partial charge in [0.1, 0.15) is 11.5 Å². The summed E-state index contributed by atoms with van der Waals surface area (Å²) in [6.45, 7) is 2.73. The SMILES string of the molecule is CCOC(=O)c1cc(CC)sc1NC(=O)COC(=O)CN1C(=O)[C@H]2CCCC[C@@H]2C1=O. The van der Waals surface area contributed by atoms with E-state index >= 15 is 0 Å². The molecule has 1 aromatic rings. The number of hydrogen-bond acceptors (Lipinski definition) is 8. The van der Waals surface area contributed by atoms with Gasteiger partial charge in [0.25, 0.3) is 5.91 Å². The van der Waals surface area contributed by atoms with Gasteiger partial charge in [-0.15, -0.1) is 11.3 Å². The molecule has 0 aromatic carbocycles. The molecule has 168 valence electrons. The molecule has 1 saturated heterocycles. The van der Waals surface area contributed by atoms with Crippen LogP contribution in [-0.2, 0) is 35.1 Å². The topological polar surface area (TPSA) is 119 Å². The number of ether oxygens (including phenoxy) is 2. The molecule has 2 aliphatic rings. The largest absolute Gasteiger partial charge is 0.462 e. The molecule has 2 fully saturated rings. The molecule has 1 N–H and O–H groups in total. The van der Waals surface area contributed by atoms with Crippen molar-refractivity contribution < 1.29 is 33.4 Å². The number of imide groups is 1. The van der Waals surface area contributed by atoms with Crippen molar-refractivity contribution >= 4 is 46.0 Å². The van der Waals surface area contributed by atoms with Crippen LogP contribution in [0.1, 0.15) is 54.8 Å². The maximum Gasteiger partial charge on any atom is 0.341 e. The molecule has 0 spiro atoms. The Balaban J connectivity index is 1.54. The molecule has 0 bridgehead atoms. The molecule has 1 aliphatic heterocycles. The molecule has 1 aliphatic carbocycles. The second-order valence-corrected chi connectivity index (χ2v) is 8.64. The first-order valence-corrected chi connectivity index (χ1v) is 11.3. The van der Waals surface area contributed by atoms with Gasteiger partial charge in [-0.25, -0.2) is 4.79 Å². The summed E-state index contributed by atoms with van der Waals surface area (Å²) in [5.74, 6) is -3.35. The molecule has 3 amide bonds. The van der Waals surface area contributed by atoms with Gasteiger partial charge in [-0.1, -0.05) is 19.8 Å². The van der Waals surface area contributed by atoms with Crippen LogP contribution in [0.25, 0.3) is 0 Å². The van der Waals surface area contributed by atoms with E-state index in [1.165, 1.54) is 11.3 Å². The van der Waals surface area contributed by atoms with Crippen LogP contribution < -0.4 is 5.32 Å². The summed E-state index contributed by atoms with van der Waals surface area (Å²) in [5, 5.41) is 2.89. The zero-order chi connectivity index (χ0) is 22.5. The van der Waals surface area contributed by atoms with Crippen molar-refractivity contribution in [1.82, 2.24) is 4.90 Å². The number of thiophene rings is 1. The van der Waals surface area contributed by atoms with E-state index in [0.29, 0.717) is 24.3 Å². The number of likely N-dealkylation sites (tertiary alicyclic amines) is 1. The van der Waals surface area contributed by atoms with Crippen molar-refractivity contribution in [1.29, 1.82) is 0 Å². The van der Waals surface area contributed by atoms with Gasteiger partial charge in [-0.05, 0) is 32.3 Å². The van der Waals surface area contributed by atoms with E-state index in [1.807, 2.05) is 6.92 Å². The normalized spacial score (nSPS) is 20.4. The number of anilines is 1. The summed E-state index contributed by atoms with van der Waals surface area (Å²) in [6, 6.07) is 1.66. The minimum Gasteiger partial charge on any atom is -0.462 e. The molecule has 10 heteroatoms. The van der Waals surface area contributed by atoms with E-state index in [4.69, 9.17) is 9.47 Å². The Bertz CT molecular complexity index is 870. The molecule has 1 aromatic heterocycles. The number of nitrogens with one attached hydrogen (secondary N) is 1. The fourth-order valence-corrected chi connectivity index (χ4v) is 4.94. The summed E-state index contributed by atoms with van der Waals surface area (Å²) in [5.41, 5.74) is 0.249. The minimum atomic E-state index is -0.832. The molecule has 9 nitrogen and oxygen atoms in total. The average Bonchev–Trinajstić information content (AvgIpc) is 3.27. The van der Waals surface area contributed by atoms with Gasteiger partial charge in [-0.3, -0.25) is 24.1 Å². The highest BCUT2D eigenvalue weighted by Gasteiger charge is 2.48. The van der Waals surface area contributed by atoms with E-state index in [1.54, 1.807) is 13.0 Å². The first-order valence-electron chi connectivity index (χ1n) is 10.5. The Morgan fingerprint density at radius 1 is 1.10 bits per heavy atom. The minimum absolute atomic E-state index is 0.205.